The van der Waals surface area contributed by atoms with Crippen molar-refractivity contribution in [2.45, 2.75) is 13.8 Å². The molecule has 4 nitrogen and oxygen atoms in total. The number of rotatable bonds is 2. The molecule has 0 bridgehead atoms. The standard InChI is InChI=1S/2C4H6O2.C2H4.Zn/c2*1-3(2)4(5)6;1-2;/h2*1H2,2H3,(H,5,6);1-2H2;/q;;;+2/p-2. The van der Waals surface area contributed by atoms with Crippen LogP contribution >= 0.6 is 0 Å². The van der Waals surface area contributed by atoms with Gasteiger partial charge in [0.05, 0.1) is 11.9 Å². The second-order valence-electron chi connectivity index (χ2n) is 2.14. The quantitative estimate of drug-likeness (QED) is 0.379. The molecule has 0 aromatic heterocycles. The van der Waals surface area contributed by atoms with Crippen LogP contribution in [0.1, 0.15) is 13.8 Å². The molecular weight excluding hydrogens is 249 g/mol. The summed E-state index contributed by atoms with van der Waals surface area (Å²) in [6.45, 7) is 15.0. The number of carboxylic acid groups (broad SMARTS) is 2. The van der Waals surface area contributed by atoms with Gasteiger partial charge in [-0.05, 0) is 25.0 Å². The molecule has 0 aromatic carbocycles. The summed E-state index contributed by atoms with van der Waals surface area (Å²) in [6, 6.07) is 0. The van der Waals surface area contributed by atoms with E-state index in [2.05, 4.69) is 26.3 Å². The Hall–Kier alpha value is -1.22. The van der Waals surface area contributed by atoms with Crippen molar-refractivity contribution in [3.63, 3.8) is 0 Å². The van der Waals surface area contributed by atoms with Gasteiger partial charge in [0.1, 0.15) is 0 Å². The Morgan fingerprint density at radius 1 is 0.867 bits per heavy atom. The summed E-state index contributed by atoms with van der Waals surface area (Å²) in [5.41, 5.74) is 0.130. The first-order valence-corrected chi connectivity index (χ1v) is 3.52. The molecule has 0 unspecified atom stereocenters. The van der Waals surface area contributed by atoms with E-state index in [1.807, 2.05) is 0 Å². The molecule has 0 saturated heterocycles. The minimum Gasteiger partial charge on any atom is -0.545 e. The van der Waals surface area contributed by atoms with Crippen molar-refractivity contribution in [3.8, 4) is 0 Å². The fourth-order valence-corrected chi connectivity index (χ4v) is 0. The van der Waals surface area contributed by atoms with Crippen LogP contribution in [-0.4, -0.2) is 11.9 Å². The second-order valence-corrected chi connectivity index (χ2v) is 2.14. The predicted octanol–water partition coefficient (Wildman–Crippen LogP) is -0.575. The average Bonchev–Trinajstić information content (AvgIpc) is 2.08. The maximum atomic E-state index is 9.49. The molecule has 0 aliphatic rings. The van der Waals surface area contributed by atoms with Crippen LogP contribution in [-0.2, 0) is 29.1 Å². The molecule has 0 radical (unpaired) electrons. The molecule has 80 valence electrons. The van der Waals surface area contributed by atoms with Gasteiger partial charge in [-0.2, -0.15) is 0 Å². The van der Waals surface area contributed by atoms with Crippen molar-refractivity contribution >= 4 is 11.9 Å². The molecule has 0 aliphatic heterocycles. The van der Waals surface area contributed by atoms with Crippen LogP contribution in [0.3, 0.4) is 0 Å². The number of carbonyl (C=O) groups is 2. The zero-order valence-corrected chi connectivity index (χ0v) is 12.1. The van der Waals surface area contributed by atoms with Crippen molar-refractivity contribution in [2.24, 2.45) is 0 Å². The van der Waals surface area contributed by atoms with Crippen LogP contribution in [0.25, 0.3) is 0 Å². The molecule has 0 aromatic rings. The third kappa shape index (κ3) is 32.3. The fraction of sp³-hybridized carbons (Fsp3) is 0.200. The summed E-state index contributed by atoms with van der Waals surface area (Å²) < 4.78 is 0. The Kier molecular flexibility index (Phi) is 23.9. The summed E-state index contributed by atoms with van der Waals surface area (Å²) in [7, 11) is 0. The molecule has 0 N–H and O–H groups in total. The van der Waals surface area contributed by atoms with Gasteiger partial charge in [0.2, 0.25) is 0 Å². The zero-order chi connectivity index (χ0) is 12.3. The Morgan fingerprint density at radius 3 is 0.933 bits per heavy atom. The second kappa shape index (κ2) is 15.3. The first-order valence-electron chi connectivity index (χ1n) is 3.52. The van der Waals surface area contributed by atoms with Gasteiger partial charge in [0.15, 0.2) is 0 Å². The van der Waals surface area contributed by atoms with Crippen LogP contribution in [0.15, 0.2) is 37.5 Å². The van der Waals surface area contributed by atoms with Gasteiger partial charge in [-0.3, -0.25) is 0 Å². The molecule has 15 heavy (non-hydrogen) atoms. The van der Waals surface area contributed by atoms with E-state index in [9.17, 15) is 19.8 Å². The van der Waals surface area contributed by atoms with E-state index in [4.69, 9.17) is 0 Å². The maximum Gasteiger partial charge on any atom is 2.00 e. The van der Waals surface area contributed by atoms with Gasteiger partial charge in [-0.15, -0.1) is 13.2 Å². The van der Waals surface area contributed by atoms with Gasteiger partial charge >= 0.3 is 19.5 Å². The maximum absolute atomic E-state index is 9.49. The summed E-state index contributed by atoms with van der Waals surface area (Å²) in [4.78, 5) is 19.0. The third-order valence-electron chi connectivity index (χ3n) is 0.697. The van der Waals surface area contributed by atoms with Crippen molar-refractivity contribution in [1.82, 2.24) is 0 Å². The van der Waals surface area contributed by atoms with Crippen LogP contribution in [0.4, 0.5) is 0 Å². The van der Waals surface area contributed by atoms with Crippen molar-refractivity contribution in [3.05, 3.63) is 37.5 Å². The van der Waals surface area contributed by atoms with Gasteiger partial charge in [0, 0.05) is 0 Å². The van der Waals surface area contributed by atoms with Crippen LogP contribution in [0, 0.1) is 0 Å². The number of hydrogen-bond acceptors (Lipinski definition) is 4. The molecule has 0 heterocycles. The largest absolute Gasteiger partial charge is 2.00 e. The Morgan fingerprint density at radius 2 is 0.933 bits per heavy atom. The van der Waals surface area contributed by atoms with Crippen molar-refractivity contribution in [1.29, 1.82) is 0 Å². The van der Waals surface area contributed by atoms with Gasteiger partial charge in [-0.1, -0.05) is 13.2 Å². The normalized spacial score (nSPS) is 6.27. The number of carboxylic acids is 2. The molecule has 0 amide bonds. The molecule has 0 spiro atoms. The monoisotopic (exact) mass is 262 g/mol. The van der Waals surface area contributed by atoms with Gasteiger partial charge in [-0.25, -0.2) is 0 Å². The molecular formula is C10H14O4Zn. The number of carbonyl (C=O) groups excluding carboxylic acids is 2. The molecule has 0 aliphatic carbocycles. The Labute approximate surface area is 103 Å². The first-order chi connectivity index (χ1) is 6.29. The number of hydrogen-bond donors (Lipinski definition) is 0. The Bertz CT molecular complexity index is 186. The van der Waals surface area contributed by atoms with E-state index in [-0.39, 0.29) is 30.6 Å². The summed E-state index contributed by atoms with van der Waals surface area (Å²) in [5.74, 6) is -2.37. The molecule has 0 rings (SSSR count). The molecule has 0 saturated carbocycles. The molecule has 0 atom stereocenters. The number of aliphatic carboxylic acids is 2. The smallest absolute Gasteiger partial charge is 0.545 e. The minimum absolute atomic E-state index is 0. The van der Waals surface area contributed by atoms with E-state index in [0.29, 0.717) is 0 Å². The van der Waals surface area contributed by atoms with Crippen LogP contribution in [0.2, 0.25) is 0 Å². The minimum atomic E-state index is -1.19. The zero-order valence-electron chi connectivity index (χ0n) is 9.17. The topological polar surface area (TPSA) is 80.3 Å². The van der Waals surface area contributed by atoms with E-state index < -0.39 is 11.9 Å². The van der Waals surface area contributed by atoms with E-state index >= 15 is 0 Å². The van der Waals surface area contributed by atoms with Crippen molar-refractivity contribution < 1.29 is 39.3 Å². The molecule has 0 fully saturated rings. The van der Waals surface area contributed by atoms with Crippen LogP contribution in [0.5, 0.6) is 0 Å². The first kappa shape index (κ1) is 23.5. The van der Waals surface area contributed by atoms with E-state index in [1.165, 1.54) is 13.8 Å². The van der Waals surface area contributed by atoms with E-state index in [1.54, 1.807) is 0 Å². The van der Waals surface area contributed by atoms with Crippen LogP contribution < -0.4 is 10.2 Å². The predicted molar refractivity (Wildman–Crippen MR) is 50.9 cm³/mol. The van der Waals surface area contributed by atoms with E-state index in [0.717, 1.165) is 0 Å². The average molecular weight is 264 g/mol. The summed E-state index contributed by atoms with van der Waals surface area (Å²) in [6.07, 6.45) is 0. The van der Waals surface area contributed by atoms with Crippen molar-refractivity contribution in [2.75, 3.05) is 0 Å². The third-order valence-corrected chi connectivity index (χ3v) is 0.697. The van der Waals surface area contributed by atoms with Gasteiger partial charge < -0.3 is 19.8 Å². The summed E-state index contributed by atoms with van der Waals surface area (Å²) >= 11 is 0. The molecule has 5 heteroatoms. The summed E-state index contributed by atoms with van der Waals surface area (Å²) in [5, 5.41) is 19.0. The Balaban J connectivity index is -0.0000000653. The SMILES string of the molecule is C=C.C=C(C)C(=O)[O-].C=C(C)C(=O)[O-].[Zn+2]. The fourth-order valence-electron chi connectivity index (χ4n) is 0. The van der Waals surface area contributed by atoms with Gasteiger partial charge in [0.25, 0.3) is 0 Å².